The van der Waals surface area contributed by atoms with E-state index >= 15 is 0 Å². The molecule has 0 radical (unpaired) electrons. The minimum absolute atomic E-state index is 0.241. The second-order valence-electron chi connectivity index (χ2n) is 4.00. The third-order valence-electron chi connectivity index (χ3n) is 2.76. The Labute approximate surface area is 88.3 Å². The van der Waals surface area contributed by atoms with Crippen LogP contribution in [0.25, 0.3) is 0 Å². The zero-order valence-corrected chi connectivity index (χ0v) is 8.60. The normalized spacial score (nSPS) is 17.1. The van der Waals surface area contributed by atoms with Gasteiger partial charge in [0.05, 0.1) is 5.69 Å². The van der Waals surface area contributed by atoms with Crippen molar-refractivity contribution in [2.45, 2.75) is 25.8 Å². The SMILES string of the molecule is CC(Nc1ccncc1C(=O)O)C1CC1. The summed E-state index contributed by atoms with van der Waals surface area (Å²) < 4.78 is 0. The Morgan fingerprint density at radius 3 is 3.00 bits per heavy atom. The molecule has 0 aromatic carbocycles. The van der Waals surface area contributed by atoms with E-state index in [0.29, 0.717) is 17.6 Å². The number of hydrogen-bond acceptors (Lipinski definition) is 3. The quantitative estimate of drug-likeness (QED) is 0.790. The van der Waals surface area contributed by atoms with Crippen molar-refractivity contribution >= 4 is 11.7 Å². The van der Waals surface area contributed by atoms with E-state index in [0.717, 1.165) is 0 Å². The maximum Gasteiger partial charge on any atom is 0.339 e. The molecule has 0 spiro atoms. The molecule has 80 valence electrons. The van der Waals surface area contributed by atoms with Crippen molar-refractivity contribution in [2.75, 3.05) is 5.32 Å². The van der Waals surface area contributed by atoms with Gasteiger partial charge in [-0.15, -0.1) is 0 Å². The fourth-order valence-electron chi connectivity index (χ4n) is 1.65. The standard InChI is InChI=1S/C11H14N2O2/c1-7(8-2-3-8)13-10-4-5-12-6-9(10)11(14)15/h4-8H,2-3H2,1H3,(H,12,13)(H,14,15). The number of carboxylic acid groups (broad SMARTS) is 1. The molecule has 0 amide bonds. The van der Waals surface area contributed by atoms with Crippen LogP contribution < -0.4 is 5.32 Å². The molecule has 1 fully saturated rings. The van der Waals surface area contributed by atoms with Crippen molar-refractivity contribution in [3.8, 4) is 0 Å². The van der Waals surface area contributed by atoms with E-state index in [1.807, 2.05) is 0 Å². The second-order valence-corrected chi connectivity index (χ2v) is 4.00. The van der Waals surface area contributed by atoms with Crippen LogP contribution in [0.3, 0.4) is 0 Å². The van der Waals surface area contributed by atoms with E-state index in [2.05, 4.69) is 17.2 Å². The largest absolute Gasteiger partial charge is 0.478 e. The summed E-state index contributed by atoms with van der Waals surface area (Å²) in [7, 11) is 0. The Morgan fingerprint density at radius 2 is 2.40 bits per heavy atom. The molecule has 1 saturated carbocycles. The fourth-order valence-corrected chi connectivity index (χ4v) is 1.65. The molecule has 0 bridgehead atoms. The Bertz CT molecular complexity index is 375. The van der Waals surface area contributed by atoms with Gasteiger partial charge in [0.15, 0.2) is 0 Å². The molecule has 1 unspecified atom stereocenters. The van der Waals surface area contributed by atoms with Crippen molar-refractivity contribution in [1.82, 2.24) is 4.98 Å². The maximum absolute atomic E-state index is 10.9. The summed E-state index contributed by atoms with van der Waals surface area (Å²) in [6.07, 6.45) is 5.46. The zero-order chi connectivity index (χ0) is 10.8. The summed E-state index contributed by atoms with van der Waals surface area (Å²) in [6, 6.07) is 2.05. The van der Waals surface area contributed by atoms with Gasteiger partial charge < -0.3 is 10.4 Å². The van der Waals surface area contributed by atoms with E-state index < -0.39 is 5.97 Å². The molecule has 1 aliphatic rings. The van der Waals surface area contributed by atoms with Crippen LogP contribution in [-0.4, -0.2) is 22.1 Å². The Balaban J connectivity index is 2.15. The number of hydrogen-bond donors (Lipinski definition) is 2. The van der Waals surface area contributed by atoms with Crippen LogP contribution in [0.15, 0.2) is 18.5 Å². The number of nitrogens with zero attached hydrogens (tertiary/aromatic N) is 1. The first kappa shape index (κ1) is 9.96. The topological polar surface area (TPSA) is 62.2 Å². The molecule has 4 nitrogen and oxygen atoms in total. The highest BCUT2D eigenvalue weighted by Gasteiger charge is 2.28. The first-order valence-corrected chi connectivity index (χ1v) is 5.12. The van der Waals surface area contributed by atoms with Crippen LogP contribution in [0, 0.1) is 5.92 Å². The number of anilines is 1. The van der Waals surface area contributed by atoms with Gasteiger partial charge in [0.1, 0.15) is 5.56 Å². The molecular weight excluding hydrogens is 192 g/mol. The smallest absolute Gasteiger partial charge is 0.339 e. The highest BCUT2D eigenvalue weighted by atomic mass is 16.4. The third-order valence-corrected chi connectivity index (χ3v) is 2.76. The minimum Gasteiger partial charge on any atom is -0.478 e. The lowest BCUT2D eigenvalue weighted by Crippen LogP contribution is -2.19. The summed E-state index contributed by atoms with van der Waals surface area (Å²) in [5.41, 5.74) is 0.905. The Hall–Kier alpha value is -1.58. The van der Waals surface area contributed by atoms with E-state index in [1.54, 1.807) is 12.3 Å². The van der Waals surface area contributed by atoms with Crippen LogP contribution in [0.4, 0.5) is 5.69 Å². The van der Waals surface area contributed by atoms with Crippen molar-refractivity contribution in [2.24, 2.45) is 5.92 Å². The third kappa shape index (κ3) is 2.26. The molecule has 2 rings (SSSR count). The average Bonchev–Trinajstić information content (AvgIpc) is 3.01. The van der Waals surface area contributed by atoms with Gasteiger partial charge in [-0.3, -0.25) is 4.98 Å². The van der Waals surface area contributed by atoms with Crippen molar-refractivity contribution in [3.05, 3.63) is 24.0 Å². The van der Waals surface area contributed by atoms with Gasteiger partial charge in [0, 0.05) is 18.4 Å². The van der Waals surface area contributed by atoms with Crippen molar-refractivity contribution in [1.29, 1.82) is 0 Å². The van der Waals surface area contributed by atoms with Gasteiger partial charge in [0.2, 0.25) is 0 Å². The monoisotopic (exact) mass is 206 g/mol. The number of aromatic nitrogens is 1. The van der Waals surface area contributed by atoms with Gasteiger partial charge in [0.25, 0.3) is 0 Å². The van der Waals surface area contributed by atoms with Crippen molar-refractivity contribution < 1.29 is 9.90 Å². The molecule has 4 heteroatoms. The van der Waals surface area contributed by atoms with E-state index in [1.165, 1.54) is 19.0 Å². The number of rotatable bonds is 4. The van der Waals surface area contributed by atoms with Crippen LogP contribution in [0.2, 0.25) is 0 Å². The highest BCUT2D eigenvalue weighted by Crippen LogP contribution is 2.34. The Kier molecular flexibility index (Phi) is 2.58. The van der Waals surface area contributed by atoms with Gasteiger partial charge in [-0.05, 0) is 31.7 Å². The molecule has 2 N–H and O–H groups in total. The summed E-state index contributed by atoms with van der Waals surface area (Å²) >= 11 is 0. The van der Waals surface area contributed by atoms with Crippen LogP contribution >= 0.6 is 0 Å². The first-order chi connectivity index (χ1) is 7.18. The summed E-state index contributed by atoms with van der Waals surface area (Å²) in [5.74, 6) is -0.242. The molecule has 1 aliphatic carbocycles. The van der Waals surface area contributed by atoms with Crippen molar-refractivity contribution in [3.63, 3.8) is 0 Å². The average molecular weight is 206 g/mol. The molecule has 1 atom stereocenters. The van der Waals surface area contributed by atoms with Crippen LogP contribution in [0.1, 0.15) is 30.1 Å². The van der Waals surface area contributed by atoms with Gasteiger partial charge in [-0.25, -0.2) is 4.79 Å². The van der Waals surface area contributed by atoms with Gasteiger partial charge >= 0.3 is 5.97 Å². The summed E-state index contributed by atoms with van der Waals surface area (Å²) in [4.78, 5) is 14.7. The van der Waals surface area contributed by atoms with Gasteiger partial charge in [-0.1, -0.05) is 0 Å². The fraction of sp³-hybridized carbons (Fsp3) is 0.455. The molecule has 15 heavy (non-hydrogen) atoms. The lowest BCUT2D eigenvalue weighted by atomic mass is 10.1. The molecule has 1 heterocycles. The first-order valence-electron chi connectivity index (χ1n) is 5.12. The van der Waals surface area contributed by atoms with Crippen LogP contribution in [-0.2, 0) is 0 Å². The Morgan fingerprint density at radius 1 is 1.67 bits per heavy atom. The lowest BCUT2D eigenvalue weighted by molar-refractivity contribution is 0.0697. The number of carbonyl (C=O) groups is 1. The number of pyridine rings is 1. The molecule has 0 saturated heterocycles. The zero-order valence-electron chi connectivity index (χ0n) is 8.60. The molecule has 1 aromatic rings. The summed E-state index contributed by atoms with van der Waals surface area (Å²) in [6.45, 7) is 2.09. The predicted molar refractivity (Wildman–Crippen MR) is 57.0 cm³/mol. The molecule has 0 aliphatic heterocycles. The maximum atomic E-state index is 10.9. The number of aromatic carboxylic acids is 1. The number of carboxylic acids is 1. The van der Waals surface area contributed by atoms with E-state index in [9.17, 15) is 4.79 Å². The highest BCUT2D eigenvalue weighted by molar-refractivity contribution is 5.93. The predicted octanol–water partition coefficient (Wildman–Crippen LogP) is 1.99. The molecule has 1 aromatic heterocycles. The number of nitrogens with one attached hydrogen (secondary N) is 1. The van der Waals surface area contributed by atoms with E-state index in [4.69, 9.17) is 5.11 Å². The lowest BCUT2D eigenvalue weighted by Gasteiger charge is -2.15. The minimum atomic E-state index is -0.936. The molecular formula is C11H14N2O2. The second kappa shape index (κ2) is 3.88. The van der Waals surface area contributed by atoms with E-state index in [-0.39, 0.29) is 5.56 Å². The summed E-state index contributed by atoms with van der Waals surface area (Å²) in [5, 5.41) is 12.2. The van der Waals surface area contributed by atoms with Crippen LogP contribution in [0.5, 0.6) is 0 Å². The van der Waals surface area contributed by atoms with Gasteiger partial charge in [-0.2, -0.15) is 0 Å².